The molecule has 0 aliphatic carbocycles. The van der Waals surface area contributed by atoms with Crippen LogP contribution < -0.4 is 10.6 Å². The zero-order valence-corrected chi connectivity index (χ0v) is 17.6. The Balaban J connectivity index is 1.55. The van der Waals surface area contributed by atoms with Gasteiger partial charge < -0.3 is 20.1 Å². The molecule has 4 aromatic rings. The van der Waals surface area contributed by atoms with Crippen molar-refractivity contribution in [3.63, 3.8) is 0 Å². The molecule has 0 amide bonds. The zero-order valence-electron chi connectivity index (χ0n) is 17.6. The molecule has 2 fully saturated rings. The first-order chi connectivity index (χ1) is 15.8. The van der Waals surface area contributed by atoms with E-state index in [0.29, 0.717) is 25.1 Å². The minimum absolute atomic E-state index is 0.252. The highest BCUT2D eigenvalue weighted by atomic mass is 16.5. The lowest BCUT2D eigenvalue weighted by molar-refractivity contribution is 0.0847. The van der Waals surface area contributed by atoms with Gasteiger partial charge in [-0.15, -0.1) is 0 Å². The first-order valence-electron chi connectivity index (χ1n) is 11.0. The summed E-state index contributed by atoms with van der Waals surface area (Å²) in [6, 6.07) is 6.06. The Hall–Kier alpha value is -3.37. The number of rotatable bonds is 3. The highest BCUT2D eigenvalue weighted by molar-refractivity contribution is 5.96. The van der Waals surface area contributed by atoms with Crippen molar-refractivity contribution in [1.29, 1.82) is 0 Å². The van der Waals surface area contributed by atoms with Gasteiger partial charge in [-0.25, -0.2) is 15.0 Å². The molecule has 6 rings (SSSR count). The summed E-state index contributed by atoms with van der Waals surface area (Å²) < 4.78 is 11.1. The second-order valence-electron chi connectivity index (χ2n) is 8.19. The van der Waals surface area contributed by atoms with Gasteiger partial charge >= 0.3 is 0 Å². The van der Waals surface area contributed by atoms with Crippen LogP contribution in [-0.4, -0.2) is 69.7 Å². The average Bonchev–Trinajstić information content (AvgIpc) is 3.28. The van der Waals surface area contributed by atoms with Gasteiger partial charge in [0.05, 0.1) is 35.5 Å². The van der Waals surface area contributed by atoms with Crippen LogP contribution in [0.15, 0.2) is 24.4 Å². The zero-order chi connectivity index (χ0) is 21.5. The maximum atomic E-state index is 5.84. The molecule has 2 aliphatic rings. The Morgan fingerprint density at radius 2 is 1.81 bits per heavy atom. The van der Waals surface area contributed by atoms with E-state index in [-0.39, 0.29) is 5.95 Å². The second-order valence-corrected chi connectivity index (χ2v) is 8.19. The second kappa shape index (κ2) is 7.95. The number of aromatic amines is 1. The summed E-state index contributed by atoms with van der Waals surface area (Å²) in [4.78, 5) is 20.5. The van der Waals surface area contributed by atoms with E-state index >= 15 is 0 Å². The normalized spacial score (nSPS) is 17.9. The molecule has 164 valence electrons. The van der Waals surface area contributed by atoms with E-state index in [4.69, 9.17) is 30.3 Å². The number of benzene rings is 1. The fourth-order valence-corrected chi connectivity index (χ4v) is 4.51. The van der Waals surface area contributed by atoms with E-state index in [1.54, 1.807) is 6.20 Å². The van der Waals surface area contributed by atoms with Crippen LogP contribution in [-0.2, 0) is 9.47 Å². The Bertz CT molecular complexity index is 1280. The van der Waals surface area contributed by atoms with E-state index in [9.17, 15) is 0 Å². The summed E-state index contributed by atoms with van der Waals surface area (Å²) in [6.45, 7) is 4.33. The smallest absolute Gasteiger partial charge is 0.228 e. The molecule has 32 heavy (non-hydrogen) atoms. The summed E-state index contributed by atoms with van der Waals surface area (Å²) in [7, 11) is 0. The number of fused-ring (bicyclic) bond motifs is 2. The molecule has 2 saturated heterocycles. The summed E-state index contributed by atoms with van der Waals surface area (Å²) >= 11 is 0. The van der Waals surface area contributed by atoms with Crippen LogP contribution in [0.4, 0.5) is 11.9 Å². The van der Waals surface area contributed by atoms with Crippen molar-refractivity contribution in [2.24, 2.45) is 0 Å². The van der Waals surface area contributed by atoms with Crippen LogP contribution in [0.3, 0.4) is 0 Å². The van der Waals surface area contributed by atoms with E-state index in [1.807, 2.05) is 18.2 Å². The Morgan fingerprint density at radius 3 is 2.66 bits per heavy atom. The highest BCUT2D eigenvalue weighted by Gasteiger charge is 2.26. The maximum absolute atomic E-state index is 5.84. The van der Waals surface area contributed by atoms with Crippen LogP contribution in [0.5, 0.6) is 0 Å². The summed E-state index contributed by atoms with van der Waals surface area (Å²) in [5.41, 5.74) is 10.2. The molecule has 0 unspecified atom stereocenters. The first kappa shape index (κ1) is 19.3. The fraction of sp³-hybridized carbons (Fsp3) is 0.409. The Kier molecular flexibility index (Phi) is 4.80. The number of hydrogen-bond donors (Lipinski definition) is 2. The molecule has 0 radical (unpaired) electrons. The number of nitrogen functional groups attached to an aromatic ring is 1. The van der Waals surface area contributed by atoms with Gasteiger partial charge in [0, 0.05) is 49.4 Å². The van der Waals surface area contributed by atoms with Gasteiger partial charge in [-0.05, 0) is 18.9 Å². The SMILES string of the molecule is Nc1ncc2ccc(-c3nc(N4CCOCC4)nc4[nH]nc(C5CCOCC5)c34)cc2n1. The number of hydrogen-bond acceptors (Lipinski definition) is 9. The molecular weight excluding hydrogens is 408 g/mol. The lowest BCUT2D eigenvalue weighted by Crippen LogP contribution is -2.37. The van der Waals surface area contributed by atoms with Crippen LogP contribution in [0.2, 0.25) is 0 Å². The summed E-state index contributed by atoms with van der Waals surface area (Å²) in [6.07, 6.45) is 3.61. The highest BCUT2D eigenvalue weighted by Crippen LogP contribution is 2.37. The topological polar surface area (TPSA) is 128 Å². The Morgan fingerprint density at radius 1 is 1.00 bits per heavy atom. The van der Waals surface area contributed by atoms with Crippen molar-refractivity contribution in [3.8, 4) is 11.3 Å². The van der Waals surface area contributed by atoms with Crippen LogP contribution in [0.1, 0.15) is 24.5 Å². The third-order valence-electron chi connectivity index (χ3n) is 6.21. The van der Waals surface area contributed by atoms with Crippen LogP contribution in [0, 0.1) is 0 Å². The number of ether oxygens (including phenoxy) is 2. The van der Waals surface area contributed by atoms with E-state index < -0.39 is 0 Å². The number of H-pyrrole nitrogens is 1. The number of anilines is 2. The molecule has 10 heteroatoms. The molecule has 10 nitrogen and oxygen atoms in total. The van der Waals surface area contributed by atoms with Crippen molar-refractivity contribution >= 4 is 33.8 Å². The third-order valence-corrected chi connectivity index (χ3v) is 6.21. The average molecular weight is 432 g/mol. The number of nitrogens with two attached hydrogens (primary N) is 1. The summed E-state index contributed by atoms with van der Waals surface area (Å²) in [5, 5.41) is 9.77. The minimum Gasteiger partial charge on any atom is -0.381 e. The lowest BCUT2D eigenvalue weighted by atomic mass is 9.93. The Labute approximate surface area is 184 Å². The van der Waals surface area contributed by atoms with E-state index in [0.717, 1.165) is 78.0 Å². The van der Waals surface area contributed by atoms with Crippen molar-refractivity contribution in [2.45, 2.75) is 18.8 Å². The fourth-order valence-electron chi connectivity index (χ4n) is 4.51. The molecule has 5 heterocycles. The molecule has 3 N–H and O–H groups in total. The van der Waals surface area contributed by atoms with Gasteiger partial charge in [-0.2, -0.15) is 10.1 Å². The number of nitrogens with zero attached hydrogens (tertiary/aromatic N) is 6. The lowest BCUT2D eigenvalue weighted by Gasteiger charge is -2.27. The number of morpholine rings is 1. The number of aromatic nitrogens is 6. The van der Waals surface area contributed by atoms with Crippen LogP contribution in [0.25, 0.3) is 33.2 Å². The standard InChI is InChI=1S/C22H24N8O2/c23-21-24-12-15-2-1-14(11-16(15)25-21)18-17-19(13-3-7-31-8-4-13)28-29-20(17)27-22(26-18)30-5-9-32-10-6-30/h1-2,11-13H,3-10H2,(H2,23,24,25)(H,26,27,28,29). The first-order valence-corrected chi connectivity index (χ1v) is 11.0. The molecular formula is C22H24N8O2. The molecule has 2 aliphatic heterocycles. The quantitative estimate of drug-likeness (QED) is 0.501. The molecule has 1 aromatic carbocycles. The molecule has 0 bridgehead atoms. The van der Waals surface area contributed by atoms with Gasteiger partial charge in [0.1, 0.15) is 0 Å². The molecule has 0 saturated carbocycles. The van der Waals surface area contributed by atoms with Gasteiger partial charge in [0.2, 0.25) is 11.9 Å². The van der Waals surface area contributed by atoms with Gasteiger partial charge in [0.15, 0.2) is 5.65 Å². The predicted octanol–water partition coefficient (Wildman–Crippen LogP) is 2.28. The van der Waals surface area contributed by atoms with Crippen molar-refractivity contribution < 1.29 is 9.47 Å². The molecule has 3 aromatic heterocycles. The van der Waals surface area contributed by atoms with E-state index in [2.05, 4.69) is 20.0 Å². The van der Waals surface area contributed by atoms with Gasteiger partial charge in [-0.1, -0.05) is 12.1 Å². The minimum atomic E-state index is 0.252. The van der Waals surface area contributed by atoms with Gasteiger partial charge in [-0.3, -0.25) is 5.10 Å². The van der Waals surface area contributed by atoms with E-state index in [1.165, 1.54) is 0 Å². The van der Waals surface area contributed by atoms with Crippen molar-refractivity contribution in [2.75, 3.05) is 50.2 Å². The van der Waals surface area contributed by atoms with Gasteiger partial charge in [0.25, 0.3) is 0 Å². The molecule has 0 spiro atoms. The number of nitrogens with one attached hydrogen (secondary N) is 1. The van der Waals surface area contributed by atoms with Crippen LogP contribution >= 0.6 is 0 Å². The summed E-state index contributed by atoms with van der Waals surface area (Å²) in [5.74, 6) is 1.25. The monoisotopic (exact) mass is 432 g/mol. The third kappa shape index (κ3) is 3.41. The van der Waals surface area contributed by atoms with Crippen molar-refractivity contribution in [1.82, 2.24) is 30.1 Å². The molecule has 0 atom stereocenters. The maximum Gasteiger partial charge on any atom is 0.228 e. The van der Waals surface area contributed by atoms with Crippen molar-refractivity contribution in [3.05, 3.63) is 30.1 Å². The predicted molar refractivity (Wildman–Crippen MR) is 120 cm³/mol. The largest absolute Gasteiger partial charge is 0.381 e.